The smallest absolute Gasteiger partial charge is 0.188 e. The molecule has 0 saturated heterocycles. The second kappa shape index (κ2) is 11.8. The number of rotatable bonds is 11. The lowest BCUT2D eigenvalue weighted by molar-refractivity contribution is 0.0484. The molecule has 25 heavy (non-hydrogen) atoms. The highest BCUT2D eigenvalue weighted by molar-refractivity contribution is 6.34. The molecule has 0 amide bonds. The number of ether oxygens (including phenoxy) is 4. The average molecular weight is 346 g/mol. The topological polar surface area (TPSA) is 36.9 Å². The summed E-state index contributed by atoms with van der Waals surface area (Å²) in [5, 5.41) is 0. The molecule has 0 heterocycles. The van der Waals surface area contributed by atoms with E-state index in [9.17, 15) is 0 Å². The molecule has 0 aliphatic rings. The first kappa shape index (κ1) is 21.3. The highest BCUT2D eigenvalue weighted by Gasteiger charge is 2.09. The molecule has 5 heteroatoms. The highest BCUT2D eigenvalue weighted by Crippen LogP contribution is 2.24. The number of hydrogen-bond donors (Lipinski definition) is 0. The van der Waals surface area contributed by atoms with Gasteiger partial charge in [0.15, 0.2) is 13.6 Å². The number of benzene rings is 1. The molecular formula is C20H31BO4. The Morgan fingerprint density at radius 2 is 1.60 bits per heavy atom. The van der Waals surface area contributed by atoms with Crippen molar-refractivity contribution in [3.05, 3.63) is 41.0 Å². The average Bonchev–Trinajstić information content (AvgIpc) is 2.57. The molecule has 0 bridgehead atoms. The Bertz CT molecular complexity index is 590. The van der Waals surface area contributed by atoms with Gasteiger partial charge in [-0.1, -0.05) is 23.3 Å². The molecular weight excluding hydrogens is 315 g/mol. The fourth-order valence-corrected chi connectivity index (χ4v) is 2.37. The summed E-state index contributed by atoms with van der Waals surface area (Å²) in [4.78, 5) is 0. The maximum Gasteiger partial charge on any atom is 0.188 e. The zero-order valence-electron chi connectivity index (χ0n) is 16.5. The molecule has 0 fully saturated rings. The summed E-state index contributed by atoms with van der Waals surface area (Å²) < 4.78 is 21.4. The second-order valence-electron chi connectivity index (χ2n) is 6.40. The van der Waals surface area contributed by atoms with E-state index in [1.54, 1.807) is 14.2 Å². The van der Waals surface area contributed by atoms with Crippen molar-refractivity contribution >= 4 is 13.3 Å². The van der Waals surface area contributed by atoms with Gasteiger partial charge in [0.05, 0.1) is 0 Å². The van der Waals surface area contributed by atoms with Gasteiger partial charge in [-0.25, -0.2) is 0 Å². The van der Waals surface area contributed by atoms with Gasteiger partial charge in [-0.3, -0.25) is 0 Å². The van der Waals surface area contributed by atoms with Gasteiger partial charge in [-0.15, -0.1) is 0 Å². The van der Waals surface area contributed by atoms with Crippen molar-refractivity contribution in [2.75, 3.05) is 27.8 Å². The van der Waals surface area contributed by atoms with E-state index in [1.807, 2.05) is 20.0 Å². The third-order valence-electron chi connectivity index (χ3n) is 3.78. The Hall–Kier alpha value is -1.72. The highest BCUT2D eigenvalue weighted by atomic mass is 16.7. The van der Waals surface area contributed by atoms with Gasteiger partial charge in [-0.2, -0.15) is 0 Å². The number of hydrogen-bond acceptors (Lipinski definition) is 4. The van der Waals surface area contributed by atoms with Crippen molar-refractivity contribution < 1.29 is 18.9 Å². The standard InChI is InChI=1S/C20H31BO4/c1-15(2)7-6-8-16(3)9-10-17-11-20(25-14-23-5)18(21)12-19(17)24-13-22-4/h7,9,11-12H,6,8,10,13-14,21H2,1-5H3/b16-9+. The van der Waals surface area contributed by atoms with Crippen LogP contribution in [0.1, 0.15) is 39.2 Å². The van der Waals surface area contributed by atoms with Crippen LogP contribution in [0.2, 0.25) is 0 Å². The van der Waals surface area contributed by atoms with Crippen LogP contribution in [-0.2, 0) is 15.9 Å². The number of methoxy groups -OCH3 is 2. The molecule has 0 saturated carbocycles. The normalized spacial score (nSPS) is 11.3. The predicted molar refractivity (Wildman–Crippen MR) is 106 cm³/mol. The van der Waals surface area contributed by atoms with E-state index >= 15 is 0 Å². The van der Waals surface area contributed by atoms with Crippen molar-refractivity contribution in [1.82, 2.24) is 0 Å². The first-order valence-electron chi connectivity index (χ1n) is 8.64. The van der Waals surface area contributed by atoms with E-state index in [1.165, 1.54) is 11.1 Å². The SMILES string of the molecule is Bc1cc(OCOC)c(C/C=C(\C)CCC=C(C)C)cc1OCOC. The lowest BCUT2D eigenvalue weighted by Gasteiger charge is -2.15. The summed E-state index contributed by atoms with van der Waals surface area (Å²) in [5.74, 6) is 1.65. The van der Waals surface area contributed by atoms with E-state index in [2.05, 4.69) is 32.9 Å². The van der Waals surface area contributed by atoms with E-state index in [4.69, 9.17) is 18.9 Å². The summed E-state index contributed by atoms with van der Waals surface area (Å²) in [6.07, 6.45) is 7.46. The Kier molecular flexibility index (Phi) is 10.0. The van der Waals surface area contributed by atoms with Crippen molar-refractivity contribution in [3.8, 4) is 11.5 Å². The van der Waals surface area contributed by atoms with E-state index < -0.39 is 0 Å². The molecule has 138 valence electrons. The molecule has 0 N–H and O–H groups in total. The first-order chi connectivity index (χ1) is 12.0. The summed E-state index contributed by atoms with van der Waals surface area (Å²) in [7, 11) is 5.23. The molecule has 0 unspecified atom stereocenters. The van der Waals surface area contributed by atoms with Crippen molar-refractivity contribution in [2.24, 2.45) is 0 Å². The predicted octanol–water partition coefficient (Wildman–Crippen LogP) is 3.15. The zero-order chi connectivity index (χ0) is 18.7. The van der Waals surface area contributed by atoms with Gasteiger partial charge in [0, 0.05) is 19.8 Å². The third-order valence-corrected chi connectivity index (χ3v) is 3.78. The minimum absolute atomic E-state index is 0.230. The van der Waals surface area contributed by atoms with Crippen LogP contribution >= 0.6 is 0 Å². The van der Waals surface area contributed by atoms with Gasteiger partial charge in [-0.05, 0) is 57.6 Å². The van der Waals surface area contributed by atoms with Gasteiger partial charge >= 0.3 is 0 Å². The van der Waals surface area contributed by atoms with Crippen LogP contribution < -0.4 is 14.9 Å². The van der Waals surface area contributed by atoms with Crippen LogP contribution in [0, 0.1) is 0 Å². The monoisotopic (exact) mass is 346 g/mol. The van der Waals surface area contributed by atoms with E-state index in [-0.39, 0.29) is 13.6 Å². The first-order valence-corrected chi connectivity index (χ1v) is 8.64. The largest absolute Gasteiger partial charge is 0.468 e. The van der Waals surface area contributed by atoms with Crippen LogP contribution in [0.3, 0.4) is 0 Å². The Balaban J connectivity index is 2.90. The molecule has 0 aromatic heterocycles. The van der Waals surface area contributed by atoms with Gasteiger partial charge in [0.2, 0.25) is 0 Å². The fourth-order valence-electron chi connectivity index (χ4n) is 2.37. The fraction of sp³-hybridized carbons (Fsp3) is 0.500. The minimum Gasteiger partial charge on any atom is -0.468 e. The quantitative estimate of drug-likeness (QED) is 0.350. The van der Waals surface area contributed by atoms with Gasteiger partial charge < -0.3 is 18.9 Å². The van der Waals surface area contributed by atoms with Gasteiger partial charge in [0.1, 0.15) is 19.3 Å². The molecule has 1 aromatic carbocycles. The molecule has 0 atom stereocenters. The molecule has 0 radical (unpaired) electrons. The molecule has 4 nitrogen and oxygen atoms in total. The lowest BCUT2D eigenvalue weighted by atomic mass is 9.92. The Labute approximate surface area is 153 Å². The molecule has 1 rings (SSSR count). The van der Waals surface area contributed by atoms with E-state index in [0.29, 0.717) is 0 Å². The number of allylic oxidation sites excluding steroid dienone is 4. The van der Waals surface area contributed by atoms with Crippen LogP contribution in [0.5, 0.6) is 11.5 Å². The zero-order valence-corrected chi connectivity index (χ0v) is 16.5. The molecule has 0 aliphatic carbocycles. The molecule has 1 aromatic rings. The van der Waals surface area contributed by atoms with Crippen LogP contribution in [0.25, 0.3) is 0 Å². The van der Waals surface area contributed by atoms with Crippen LogP contribution in [0.15, 0.2) is 35.4 Å². The van der Waals surface area contributed by atoms with Gasteiger partial charge in [0.25, 0.3) is 0 Å². The van der Waals surface area contributed by atoms with Crippen LogP contribution in [0.4, 0.5) is 0 Å². The lowest BCUT2D eigenvalue weighted by Crippen LogP contribution is -2.14. The maximum atomic E-state index is 5.72. The summed E-state index contributed by atoms with van der Waals surface area (Å²) in [5.41, 5.74) is 4.82. The summed E-state index contributed by atoms with van der Waals surface area (Å²) in [6.45, 7) is 6.90. The van der Waals surface area contributed by atoms with E-state index in [0.717, 1.165) is 41.8 Å². The third kappa shape index (κ3) is 8.28. The molecule has 0 spiro atoms. The summed E-state index contributed by atoms with van der Waals surface area (Å²) >= 11 is 0. The van der Waals surface area contributed by atoms with Crippen molar-refractivity contribution in [3.63, 3.8) is 0 Å². The minimum atomic E-state index is 0.230. The maximum absolute atomic E-state index is 5.72. The van der Waals surface area contributed by atoms with Crippen LogP contribution in [-0.4, -0.2) is 35.7 Å². The van der Waals surface area contributed by atoms with Crippen molar-refractivity contribution in [2.45, 2.75) is 40.0 Å². The Morgan fingerprint density at radius 1 is 0.960 bits per heavy atom. The summed E-state index contributed by atoms with van der Waals surface area (Å²) in [6, 6.07) is 4.02. The van der Waals surface area contributed by atoms with Crippen molar-refractivity contribution in [1.29, 1.82) is 0 Å². The Morgan fingerprint density at radius 3 is 2.20 bits per heavy atom. The second-order valence-corrected chi connectivity index (χ2v) is 6.40. The molecule has 0 aliphatic heterocycles.